The molecule has 3 heterocycles. The van der Waals surface area contributed by atoms with E-state index in [2.05, 4.69) is 37.6 Å². The van der Waals surface area contributed by atoms with Crippen LogP contribution in [0.2, 0.25) is 10.0 Å². The van der Waals surface area contributed by atoms with Crippen molar-refractivity contribution in [1.29, 1.82) is 5.26 Å². The van der Waals surface area contributed by atoms with Gasteiger partial charge in [0, 0.05) is 62.9 Å². The van der Waals surface area contributed by atoms with Crippen molar-refractivity contribution in [3.05, 3.63) is 75.4 Å². The average molecular weight is 1050 g/mol. The van der Waals surface area contributed by atoms with Crippen molar-refractivity contribution >= 4 is 80.7 Å². The highest BCUT2D eigenvalue weighted by Crippen LogP contribution is 2.41. The van der Waals surface area contributed by atoms with Crippen molar-refractivity contribution in [3.8, 4) is 23.3 Å². The van der Waals surface area contributed by atoms with E-state index in [9.17, 15) is 29.2 Å². The number of hydrogen-bond acceptors (Lipinski definition) is 16. The lowest BCUT2D eigenvalue weighted by atomic mass is 10.0. The zero-order chi connectivity index (χ0) is 52.0. The van der Waals surface area contributed by atoms with Crippen LogP contribution < -0.4 is 40.8 Å². The summed E-state index contributed by atoms with van der Waals surface area (Å²) < 4.78 is 34.1. The third kappa shape index (κ3) is 16.2. The molecule has 73 heavy (non-hydrogen) atoms. The van der Waals surface area contributed by atoms with Gasteiger partial charge < -0.3 is 49.7 Å². The van der Waals surface area contributed by atoms with Crippen LogP contribution in [0.3, 0.4) is 0 Å². The van der Waals surface area contributed by atoms with Crippen LogP contribution in [-0.4, -0.2) is 132 Å². The fourth-order valence-electron chi connectivity index (χ4n) is 8.26. The van der Waals surface area contributed by atoms with E-state index >= 15 is 0 Å². The highest BCUT2D eigenvalue weighted by atomic mass is 35.5. The molecule has 1 unspecified atom stereocenters. The Bertz CT molecular complexity index is 2600. The number of benzene rings is 3. The van der Waals surface area contributed by atoms with Gasteiger partial charge in [0.1, 0.15) is 17.9 Å². The number of pyridine rings is 1. The molecule has 392 valence electrons. The molecule has 1 saturated heterocycles. The van der Waals surface area contributed by atoms with E-state index in [0.29, 0.717) is 108 Å². The summed E-state index contributed by atoms with van der Waals surface area (Å²) in [4.78, 5) is 68.3. The van der Waals surface area contributed by atoms with Crippen LogP contribution in [-0.2, 0) is 28.6 Å². The number of imide groups is 2. The smallest absolute Gasteiger partial charge is 0.264 e. The monoisotopic (exact) mass is 1050 g/mol. The molecule has 2 aliphatic heterocycles. The van der Waals surface area contributed by atoms with E-state index < -0.39 is 29.7 Å². The first kappa shape index (κ1) is 56.2. The number of halogens is 2. The van der Waals surface area contributed by atoms with Gasteiger partial charge in [0.2, 0.25) is 17.7 Å². The Balaban J connectivity index is 0.705. The van der Waals surface area contributed by atoms with E-state index in [1.54, 1.807) is 43.5 Å². The molecule has 0 bridgehead atoms. The van der Waals surface area contributed by atoms with Gasteiger partial charge in [-0.05, 0) is 75.9 Å². The fraction of sp³-hybridized carbons (Fsp3) is 0.481. The quantitative estimate of drug-likeness (QED) is 0.0232. The molecule has 5 N–H and O–H groups in total. The number of nitrogens with zero attached hydrogens (tertiary/aromatic N) is 3. The number of hydrogen-bond donors (Lipinski definition) is 5. The summed E-state index contributed by atoms with van der Waals surface area (Å²) in [6.07, 6.45) is 9.11. The number of anilines is 3. The maximum atomic E-state index is 13.2. The van der Waals surface area contributed by atoms with Crippen LogP contribution in [0.15, 0.2) is 48.7 Å². The molecule has 19 nitrogen and oxygen atoms in total. The maximum Gasteiger partial charge on any atom is 0.264 e. The highest BCUT2D eigenvalue weighted by Gasteiger charge is 2.45. The highest BCUT2D eigenvalue weighted by molar-refractivity contribution is 6.37. The average Bonchev–Trinajstić information content (AvgIpc) is 3.63. The van der Waals surface area contributed by atoms with Crippen molar-refractivity contribution in [2.75, 3.05) is 97.3 Å². The molecule has 0 aliphatic carbocycles. The number of unbranched alkanes of at least 4 members (excludes halogenated alkanes) is 5. The summed E-state index contributed by atoms with van der Waals surface area (Å²) in [6, 6.07) is 12.6. The van der Waals surface area contributed by atoms with Crippen molar-refractivity contribution in [1.82, 2.24) is 25.8 Å². The van der Waals surface area contributed by atoms with E-state index in [1.165, 1.54) is 19.4 Å². The lowest BCUT2D eigenvalue weighted by Crippen LogP contribution is -2.54. The molecule has 4 aromatic rings. The van der Waals surface area contributed by atoms with Crippen molar-refractivity contribution in [2.24, 2.45) is 0 Å². The third-order valence-corrected chi connectivity index (χ3v) is 12.7. The zero-order valence-electron chi connectivity index (χ0n) is 41.3. The van der Waals surface area contributed by atoms with Crippen LogP contribution >= 0.6 is 23.2 Å². The van der Waals surface area contributed by atoms with Gasteiger partial charge in [-0.25, -0.2) is 0 Å². The van der Waals surface area contributed by atoms with Gasteiger partial charge in [-0.15, -0.1) is 0 Å². The molecule has 1 atom stereocenters. The van der Waals surface area contributed by atoms with Crippen molar-refractivity contribution in [3.63, 3.8) is 0 Å². The largest absolute Gasteiger partial charge is 0.495 e. The van der Waals surface area contributed by atoms with Crippen LogP contribution in [0.5, 0.6) is 17.2 Å². The predicted molar refractivity (Wildman–Crippen MR) is 276 cm³/mol. The fourth-order valence-corrected chi connectivity index (χ4v) is 8.77. The van der Waals surface area contributed by atoms with Crippen molar-refractivity contribution < 1.29 is 52.4 Å². The topological polar surface area (TPSA) is 241 Å². The van der Waals surface area contributed by atoms with Gasteiger partial charge in [-0.2, -0.15) is 5.26 Å². The molecule has 5 amide bonds. The minimum atomic E-state index is -1.08. The molecule has 1 fully saturated rings. The van der Waals surface area contributed by atoms with Gasteiger partial charge in [0.05, 0.1) is 96.6 Å². The molecule has 0 spiro atoms. The van der Waals surface area contributed by atoms with Gasteiger partial charge >= 0.3 is 0 Å². The predicted octanol–water partition coefficient (Wildman–Crippen LogP) is 7.33. The Kier molecular flexibility index (Phi) is 22.7. The summed E-state index contributed by atoms with van der Waals surface area (Å²) >= 11 is 12.7. The number of nitriles is 1. The first-order valence-corrected chi connectivity index (χ1v) is 25.4. The van der Waals surface area contributed by atoms with E-state index in [-0.39, 0.29) is 42.0 Å². The number of methoxy groups -OCH3 is 2. The number of rotatable bonds is 33. The van der Waals surface area contributed by atoms with Crippen LogP contribution in [0.4, 0.5) is 17.1 Å². The van der Waals surface area contributed by atoms with Crippen molar-refractivity contribution in [2.45, 2.75) is 76.7 Å². The third-order valence-electron chi connectivity index (χ3n) is 12.1. The summed E-state index contributed by atoms with van der Waals surface area (Å²) in [7, 11) is 3.08. The van der Waals surface area contributed by atoms with E-state index in [0.717, 1.165) is 76.0 Å². The second-order valence-electron chi connectivity index (χ2n) is 17.3. The standard InChI is InChI=1S/C52H64Cl2N8O11/c1-68-43-31-41(37(53)29-38(43)54)60-49-34(32-55)33-58-40-30-45(44(69-2)28-36(40)49)73-23-11-18-57-20-19-56-17-7-3-4-8-21-70-24-26-72-27-25-71-22-9-5-6-14-46(63)59-39-13-10-12-35-48(39)52(67)62(51(35)66)42-15-16-47(64)61-50(42)65/h10,12-13,28-31,33,42,56-57H,3-9,11,14-27H2,1-2H3,(H,58,60)(H,59,63)(H,61,64,65). The molecule has 6 rings (SSSR count). The summed E-state index contributed by atoms with van der Waals surface area (Å²) in [5.74, 6) is -1.21. The summed E-state index contributed by atoms with van der Waals surface area (Å²) in [5.41, 5.74) is 2.36. The van der Waals surface area contributed by atoms with Crippen LogP contribution in [0.1, 0.15) is 96.9 Å². The Morgan fingerprint density at radius 2 is 1.44 bits per heavy atom. The van der Waals surface area contributed by atoms with E-state index in [4.69, 9.17) is 51.6 Å². The van der Waals surface area contributed by atoms with Gasteiger partial charge in [-0.3, -0.25) is 39.2 Å². The first-order valence-electron chi connectivity index (χ1n) is 24.7. The molecule has 0 saturated carbocycles. The molecule has 1 aromatic heterocycles. The first-order chi connectivity index (χ1) is 35.5. The van der Waals surface area contributed by atoms with Gasteiger partial charge in [-0.1, -0.05) is 48.5 Å². The van der Waals surface area contributed by atoms with Crippen LogP contribution in [0, 0.1) is 11.3 Å². The van der Waals surface area contributed by atoms with E-state index in [1.807, 2.05) is 0 Å². The molecule has 3 aromatic carbocycles. The molecule has 2 aliphatic rings. The Morgan fingerprint density at radius 3 is 2.14 bits per heavy atom. The Morgan fingerprint density at radius 1 is 0.753 bits per heavy atom. The SMILES string of the molecule is COc1cc(Nc2c(C#N)cnc3cc(OCCCNCCNCCCCCCOCCOCCOCCCCCC(=O)Nc4cccc5c4C(=O)N(C4CCC(=O)NC4=O)C5=O)c(OC)cc23)c(Cl)cc1Cl. The Labute approximate surface area is 435 Å². The van der Waals surface area contributed by atoms with Gasteiger partial charge in [0.25, 0.3) is 11.8 Å². The zero-order valence-corrected chi connectivity index (χ0v) is 42.9. The minimum absolute atomic E-state index is 0.0267. The summed E-state index contributed by atoms with van der Waals surface area (Å²) in [5, 5.41) is 26.4. The molecular formula is C52H64Cl2N8O11. The number of nitrogens with one attached hydrogen (secondary N) is 5. The normalized spacial score (nSPS) is 14.3. The minimum Gasteiger partial charge on any atom is -0.495 e. The molecular weight excluding hydrogens is 984 g/mol. The number of aromatic nitrogens is 1. The van der Waals surface area contributed by atoms with Gasteiger partial charge in [0.15, 0.2) is 11.5 Å². The number of carbonyl (C=O) groups excluding carboxylic acids is 5. The summed E-state index contributed by atoms with van der Waals surface area (Å²) in [6.45, 7) is 7.20. The van der Waals surface area contributed by atoms with Crippen LogP contribution in [0.25, 0.3) is 10.9 Å². The Hall–Kier alpha value is -6.11. The lowest BCUT2D eigenvalue weighted by molar-refractivity contribution is -0.136. The maximum absolute atomic E-state index is 13.2. The molecule has 21 heteroatoms. The number of carbonyl (C=O) groups is 5. The number of fused-ring (bicyclic) bond motifs is 2. The number of ether oxygens (including phenoxy) is 6. The number of amides is 5. The molecule has 0 radical (unpaired) electrons. The second-order valence-corrected chi connectivity index (χ2v) is 18.1. The number of piperidine rings is 1. The lowest BCUT2D eigenvalue weighted by Gasteiger charge is -2.27. The second kappa shape index (κ2) is 29.6.